The monoisotopic (exact) mass is 393 g/mol. The van der Waals surface area contributed by atoms with Crippen molar-refractivity contribution in [2.45, 2.75) is 33.7 Å². The maximum Gasteiger partial charge on any atom is 0.270 e. The number of anilines is 2. The van der Waals surface area contributed by atoms with Crippen LogP contribution in [0.5, 0.6) is 0 Å². The first-order valence-corrected chi connectivity index (χ1v) is 10.5. The minimum absolute atomic E-state index is 0.0624. The van der Waals surface area contributed by atoms with E-state index in [-0.39, 0.29) is 5.91 Å². The van der Waals surface area contributed by atoms with Gasteiger partial charge < -0.3 is 20.1 Å². The Labute approximate surface area is 172 Å². The molecule has 2 aromatic heterocycles. The molecule has 1 saturated heterocycles. The fourth-order valence-corrected chi connectivity index (χ4v) is 3.55. The second-order valence-electron chi connectivity index (χ2n) is 7.22. The number of rotatable bonds is 4. The van der Waals surface area contributed by atoms with Crippen LogP contribution in [0.25, 0.3) is 10.9 Å². The van der Waals surface area contributed by atoms with Crippen molar-refractivity contribution < 1.29 is 4.79 Å². The summed E-state index contributed by atoms with van der Waals surface area (Å²) in [7, 11) is 0. The molecule has 6 nitrogen and oxygen atoms in total. The van der Waals surface area contributed by atoms with Crippen LogP contribution in [0.15, 0.2) is 48.7 Å². The fraction of sp³-hybridized carbons (Fsp3) is 0.391. The molecule has 2 N–H and O–H groups in total. The van der Waals surface area contributed by atoms with Crippen molar-refractivity contribution in [3.8, 4) is 0 Å². The van der Waals surface area contributed by atoms with Gasteiger partial charge in [-0.3, -0.25) is 4.79 Å². The molecule has 0 unspecified atom stereocenters. The van der Waals surface area contributed by atoms with Crippen molar-refractivity contribution in [3.63, 3.8) is 0 Å². The lowest BCUT2D eigenvalue weighted by atomic mass is 10.2. The Morgan fingerprint density at radius 3 is 2.48 bits per heavy atom. The highest BCUT2D eigenvalue weighted by Crippen LogP contribution is 2.25. The van der Waals surface area contributed by atoms with E-state index in [1.165, 1.54) is 0 Å². The lowest BCUT2D eigenvalue weighted by molar-refractivity contribution is 0.0741. The molecule has 1 aliphatic heterocycles. The van der Waals surface area contributed by atoms with Gasteiger partial charge in [-0.1, -0.05) is 32.0 Å². The molecule has 0 bridgehead atoms. The molecule has 0 radical (unpaired) electrons. The number of nitrogens with one attached hydrogen (secondary N) is 2. The summed E-state index contributed by atoms with van der Waals surface area (Å²) in [5.41, 5.74) is 2.70. The lowest BCUT2D eigenvalue weighted by Gasteiger charge is -2.36. The molecule has 154 valence electrons. The van der Waals surface area contributed by atoms with E-state index in [1.807, 2.05) is 61.3 Å². The quantitative estimate of drug-likeness (QED) is 0.691. The first-order valence-electron chi connectivity index (χ1n) is 10.5. The molecule has 6 heteroatoms. The number of nitrogens with zero attached hydrogens (tertiary/aromatic N) is 3. The van der Waals surface area contributed by atoms with Gasteiger partial charge in [0.15, 0.2) is 5.82 Å². The number of hydrogen-bond donors (Lipinski definition) is 2. The Morgan fingerprint density at radius 1 is 1.07 bits per heavy atom. The average Bonchev–Trinajstić information content (AvgIpc) is 3.19. The fourth-order valence-electron chi connectivity index (χ4n) is 3.55. The number of aromatic nitrogens is 2. The predicted molar refractivity (Wildman–Crippen MR) is 121 cm³/mol. The molecule has 3 aromatic rings. The van der Waals surface area contributed by atoms with Gasteiger partial charge in [-0.05, 0) is 38.1 Å². The van der Waals surface area contributed by atoms with Crippen molar-refractivity contribution in [2.24, 2.45) is 0 Å². The van der Waals surface area contributed by atoms with Crippen LogP contribution in [0.3, 0.4) is 0 Å². The summed E-state index contributed by atoms with van der Waals surface area (Å²) >= 11 is 0. The summed E-state index contributed by atoms with van der Waals surface area (Å²) in [6.45, 7) is 11.2. The van der Waals surface area contributed by atoms with Crippen LogP contribution in [-0.2, 0) is 0 Å². The summed E-state index contributed by atoms with van der Waals surface area (Å²) in [5.74, 6) is 1.02. The largest absolute Gasteiger partial charge is 0.380 e. The van der Waals surface area contributed by atoms with Gasteiger partial charge in [0.25, 0.3) is 5.91 Å². The molecule has 1 aromatic carbocycles. The molecule has 1 amide bonds. The number of amides is 1. The van der Waals surface area contributed by atoms with Gasteiger partial charge in [0.05, 0.1) is 5.69 Å². The maximum atomic E-state index is 12.9. The summed E-state index contributed by atoms with van der Waals surface area (Å²) in [6.07, 6.45) is 1.82. The van der Waals surface area contributed by atoms with Gasteiger partial charge in [0, 0.05) is 49.3 Å². The summed E-state index contributed by atoms with van der Waals surface area (Å²) in [5, 5.41) is 4.52. The van der Waals surface area contributed by atoms with Crippen LogP contribution in [0.2, 0.25) is 0 Å². The van der Waals surface area contributed by atoms with E-state index in [2.05, 4.69) is 40.1 Å². The molecule has 1 aliphatic rings. The zero-order valence-electron chi connectivity index (χ0n) is 17.8. The van der Waals surface area contributed by atoms with Gasteiger partial charge >= 0.3 is 0 Å². The molecular weight excluding hydrogens is 362 g/mol. The van der Waals surface area contributed by atoms with Crippen molar-refractivity contribution in [1.82, 2.24) is 14.9 Å². The highest BCUT2D eigenvalue weighted by molar-refractivity contribution is 5.98. The zero-order valence-corrected chi connectivity index (χ0v) is 17.8. The van der Waals surface area contributed by atoms with E-state index in [0.717, 1.165) is 35.5 Å². The normalized spacial score (nSPS) is 14.0. The first kappa shape index (κ1) is 20.7. The molecule has 0 spiro atoms. The Bertz CT molecular complexity index is 908. The first-order chi connectivity index (χ1) is 14.1. The third-order valence-corrected chi connectivity index (χ3v) is 4.86. The number of carbonyl (C=O) groups excluding carboxylic acids is 1. The van der Waals surface area contributed by atoms with E-state index in [9.17, 15) is 4.79 Å². The summed E-state index contributed by atoms with van der Waals surface area (Å²) < 4.78 is 0. The lowest BCUT2D eigenvalue weighted by Crippen LogP contribution is -2.49. The molecular formula is C23H31N5O. The van der Waals surface area contributed by atoms with Crippen LogP contribution in [0.1, 0.15) is 38.2 Å². The smallest absolute Gasteiger partial charge is 0.270 e. The van der Waals surface area contributed by atoms with Crippen LogP contribution in [0.4, 0.5) is 11.5 Å². The molecule has 1 fully saturated rings. The Hall–Kier alpha value is -3.02. The Kier molecular flexibility index (Phi) is 6.75. The molecule has 0 aliphatic carbocycles. The number of para-hydroxylation sites is 1. The SMILES string of the molecule is CC.CC(C)Nc1cccnc1N1CCN(C(=O)c2cc3ccccc3[nH]2)CC1. The van der Waals surface area contributed by atoms with E-state index < -0.39 is 0 Å². The average molecular weight is 394 g/mol. The molecule has 0 saturated carbocycles. The third kappa shape index (κ3) is 4.70. The number of fused-ring (bicyclic) bond motifs is 1. The second-order valence-corrected chi connectivity index (χ2v) is 7.22. The van der Waals surface area contributed by atoms with E-state index in [0.29, 0.717) is 24.8 Å². The second kappa shape index (κ2) is 9.45. The van der Waals surface area contributed by atoms with Crippen molar-refractivity contribution >= 4 is 28.3 Å². The number of hydrogen-bond acceptors (Lipinski definition) is 4. The van der Waals surface area contributed by atoms with Gasteiger partial charge in [-0.2, -0.15) is 0 Å². The van der Waals surface area contributed by atoms with E-state index in [1.54, 1.807) is 0 Å². The van der Waals surface area contributed by atoms with Crippen LogP contribution in [-0.4, -0.2) is 53.0 Å². The molecule has 29 heavy (non-hydrogen) atoms. The topological polar surface area (TPSA) is 64.3 Å². The number of aromatic amines is 1. The van der Waals surface area contributed by atoms with Crippen molar-refractivity contribution in [1.29, 1.82) is 0 Å². The van der Waals surface area contributed by atoms with Gasteiger partial charge in [-0.25, -0.2) is 4.98 Å². The third-order valence-electron chi connectivity index (χ3n) is 4.86. The Morgan fingerprint density at radius 2 is 1.79 bits per heavy atom. The van der Waals surface area contributed by atoms with E-state index >= 15 is 0 Å². The van der Waals surface area contributed by atoms with E-state index in [4.69, 9.17) is 0 Å². The predicted octanol–water partition coefficient (Wildman–Crippen LogP) is 4.37. The maximum absolute atomic E-state index is 12.9. The Balaban J connectivity index is 0.00000117. The minimum atomic E-state index is 0.0624. The number of H-pyrrole nitrogens is 1. The number of piperazine rings is 1. The number of pyridine rings is 1. The highest BCUT2D eigenvalue weighted by Gasteiger charge is 2.25. The number of carbonyl (C=O) groups is 1. The van der Waals surface area contributed by atoms with Gasteiger partial charge in [0.2, 0.25) is 0 Å². The zero-order chi connectivity index (χ0) is 20.8. The molecule has 4 rings (SSSR count). The molecule has 0 atom stereocenters. The standard InChI is InChI=1S/C21H25N5O.C2H6/c1-15(2)23-18-8-5-9-22-20(18)25-10-12-26(13-11-25)21(27)19-14-16-6-3-4-7-17(16)24-19;1-2/h3-9,14-15,23-24H,10-13H2,1-2H3;1-2H3. The van der Waals surface area contributed by atoms with Gasteiger partial charge in [0.1, 0.15) is 5.69 Å². The van der Waals surface area contributed by atoms with Crippen LogP contribution >= 0.6 is 0 Å². The van der Waals surface area contributed by atoms with Gasteiger partial charge in [-0.15, -0.1) is 0 Å². The number of benzene rings is 1. The van der Waals surface area contributed by atoms with Crippen molar-refractivity contribution in [3.05, 3.63) is 54.4 Å². The van der Waals surface area contributed by atoms with Crippen molar-refractivity contribution in [2.75, 3.05) is 36.4 Å². The minimum Gasteiger partial charge on any atom is -0.380 e. The summed E-state index contributed by atoms with van der Waals surface area (Å²) in [6, 6.07) is 14.3. The summed E-state index contributed by atoms with van der Waals surface area (Å²) in [4.78, 5) is 24.8. The molecule has 3 heterocycles. The van der Waals surface area contributed by atoms with Crippen LogP contribution < -0.4 is 10.2 Å². The van der Waals surface area contributed by atoms with Crippen LogP contribution in [0, 0.1) is 0 Å². The highest BCUT2D eigenvalue weighted by atomic mass is 16.2.